The number of nitrogens with zero attached hydrogens (tertiary/aromatic N) is 3. The first kappa shape index (κ1) is 6.68. The Balaban J connectivity index is 2.15. The SMILES string of the molecule is NOCC1(c2nn[nH]n2)CC1. The fourth-order valence-electron chi connectivity index (χ4n) is 1.13. The lowest BCUT2D eigenvalue weighted by molar-refractivity contribution is 0.113. The number of H-pyrrole nitrogens is 1. The number of rotatable bonds is 3. The molecule has 6 heteroatoms. The van der Waals surface area contributed by atoms with Gasteiger partial charge >= 0.3 is 0 Å². The van der Waals surface area contributed by atoms with E-state index in [1.807, 2.05) is 0 Å². The molecule has 1 saturated carbocycles. The van der Waals surface area contributed by atoms with Crippen LogP contribution >= 0.6 is 0 Å². The molecule has 6 nitrogen and oxygen atoms in total. The van der Waals surface area contributed by atoms with Gasteiger partial charge in [0.15, 0.2) is 5.82 Å². The van der Waals surface area contributed by atoms with Crippen molar-refractivity contribution in [2.75, 3.05) is 6.61 Å². The van der Waals surface area contributed by atoms with E-state index in [-0.39, 0.29) is 5.41 Å². The highest BCUT2D eigenvalue weighted by molar-refractivity contribution is 5.15. The number of hydrogen-bond acceptors (Lipinski definition) is 5. The average Bonchev–Trinajstić information content (AvgIpc) is 2.63. The maximum Gasteiger partial charge on any atom is 0.183 e. The third-order valence-corrected chi connectivity index (χ3v) is 2.03. The summed E-state index contributed by atoms with van der Waals surface area (Å²) >= 11 is 0. The molecule has 0 aromatic carbocycles. The van der Waals surface area contributed by atoms with Crippen LogP contribution in [0, 0.1) is 0 Å². The van der Waals surface area contributed by atoms with E-state index in [0.717, 1.165) is 12.8 Å². The van der Waals surface area contributed by atoms with Crippen LogP contribution in [0.2, 0.25) is 0 Å². The van der Waals surface area contributed by atoms with Crippen molar-refractivity contribution in [1.82, 2.24) is 20.6 Å². The fourth-order valence-corrected chi connectivity index (χ4v) is 1.13. The predicted octanol–water partition coefficient (Wildman–Crippen LogP) is -0.878. The number of hydrogen-bond donors (Lipinski definition) is 2. The molecular weight excluding hydrogens is 146 g/mol. The molecule has 1 heterocycles. The van der Waals surface area contributed by atoms with E-state index in [1.54, 1.807) is 0 Å². The van der Waals surface area contributed by atoms with E-state index in [4.69, 9.17) is 5.90 Å². The van der Waals surface area contributed by atoms with Gasteiger partial charge in [0.25, 0.3) is 0 Å². The van der Waals surface area contributed by atoms with Crippen molar-refractivity contribution in [1.29, 1.82) is 0 Å². The first-order chi connectivity index (χ1) is 5.37. The summed E-state index contributed by atoms with van der Waals surface area (Å²) < 4.78 is 0. The maximum absolute atomic E-state index is 4.97. The smallest absolute Gasteiger partial charge is 0.183 e. The van der Waals surface area contributed by atoms with Crippen LogP contribution in [0.15, 0.2) is 0 Å². The number of aromatic nitrogens is 4. The van der Waals surface area contributed by atoms with Gasteiger partial charge < -0.3 is 4.84 Å². The third-order valence-electron chi connectivity index (χ3n) is 2.03. The van der Waals surface area contributed by atoms with Gasteiger partial charge in [0.1, 0.15) is 0 Å². The second-order valence-corrected chi connectivity index (χ2v) is 2.83. The van der Waals surface area contributed by atoms with Gasteiger partial charge in [-0.25, -0.2) is 5.90 Å². The molecule has 60 valence electrons. The molecule has 3 N–H and O–H groups in total. The standard InChI is InChI=1S/C5H9N5O/c6-11-3-5(1-2-5)4-7-9-10-8-4/h1-3,6H2,(H,7,8,9,10). The molecule has 0 radical (unpaired) electrons. The van der Waals surface area contributed by atoms with Crippen LogP contribution in [0.5, 0.6) is 0 Å². The molecule has 1 fully saturated rings. The Hall–Kier alpha value is -1.01. The topological polar surface area (TPSA) is 89.7 Å². The highest BCUT2D eigenvalue weighted by Gasteiger charge is 2.48. The van der Waals surface area contributed by atoms with E-state index >= 15 is 0 Å². The molecule has 1 aliphatic carbocycles. The molecule has 0 saturated heterocycles. The number of tetrazole rings is 1. The molecule has 0 spiro atoms. The number of nitrogens with one attached hydrogen (secondary N) is 1. The summed E-state index contributed by atoms with van der Waals surface area (Å²) in [5.41, 5.74) is -0.0399. The minimum Gasteiger partial charge on any atom is -0.304 e. The molecule has 2 rings (SSSR count). The first-order valence-electron chi connectivity index (χ1n) is 3.43. The van der Waals surface area contributed by atoms with Crippen molar-refractivity contribution < 1.29 is 4.84 Å². The molecule has 0 bridgehead atoms. The summed E-state index contributed by atoms with van der Waals surface area (Å²) in [4.78, 5) is 4.57. The van der Waals surface area contributed by atoms with Crippen molar-refractivity contribution in [3.63, 3.8) is 0 Å². The molecule has 0 unspecified atom stereocenters. The van der Waals surface area contributed by atoms with Gasteiger partial charge in [-0.15, -0.1) is 10.2 Å². The summed E-state index contributed by atoms with van der Waals surface area (Å²) in [5, 5.41) is 13.7. The zero-order chi connectivity index (χ0) is 7.73. The summed E-state index contributed by atoms with van der Waals surface area (Å²) in [6.45, 7) is 0.479. The van der Waals surface area contributed by atoms with Crippen LogP contribution in [0.1, 0.15) is 18.7 Å². The van der Waals surface area contributed by atoms with Gasteiger partial charge in [-0.3, -0.25) is 0 Å². The van der Waals surface area contributed by atoms with Crippen molar-refractivity contribution in [3.05, 3.63) is 5.82 Å². The van der Waals surface area contributed by atoms with Crippen LogP contribution < -0.4 is 5.90 Å². The quantitative estimate of drug-likeness (QED) is 0.553. The fraction of sp³-hybridized carbons (Fsp3) is 0.800. The second kappa shape index (κ2) is 2.24. The average molecular weight is 155 g/mol. The number of aromatic amines is 1. The van der Waals surface area contributed by atoms with E-state index in [1.165, 1.54) is 0 Å². The lowest BCUT2D eigenvalue weighted by Gasteiger charge is -2.06. The van der Waals surface area contributed by atoms with Crippen molar-refractivity contribution in [2.45, 2.75) is 18.3 Å². The molecule has 0 amide bonds. The van der Waals surface area contributed by atoms with E-state index in [2.05, 4.69) is 25.5 Å². The summed E-state index contributed by atoms with van der Waals surface area (Å²) in [5.74, 6) is 5.69. The molecule has 0 atom stereocenters. The minimum atomic E-state index is -0.0399. The minimum absolute atomic E-state index is 0.0399. The molecule has 1 aromatic rings. The van der Waals surface area contributed by atoms with Gasteiger partial charge in [0.2, 0.25) is 0 Å². The lowest BCUT2D eigenvalue weighted by atomic mass is 10.1. The monoisotopic (exact) mass is 155 g/mol. The Bertz CT molecular complexity index is 229. The zero-order valence-electron chi connectivity index (χ0n) is 5.95. The molecule has 0 aliphatic heterocycles. The predicted molar refractivity (Wildman–Crippen MR) is 35.2 cm³/mol. The van der Waals surface area contributed by atoms with Crippen LogP contribution in [0.4, 0.5) is 0 Å². The van der Waals surface area contributed by atoms with Gasteiger partial charge in [0, 0.05) is 0 Å². The maximum atomic E-state index is 4.97. The summed E-state index contributed by atoms with van der Waals surface area (Å²) in [7, 11) is 0. The van der Waals surface area contributed by atoms with Crippen LogP contribution in [0.25, 0.3) is 0 Å². The van der Waals surface area contributed by atoms with Crippen molar-refractivity contribution >= 4 is 0 Å². The molecular formula is C5H9N5O. The van der Waals surface area contributed by atoms with Gasteiger partial charge in [-0.05, 0) is 12.8 Å². The highest BCUT2D eigenvalue weighted by atomic mass is 16.6. The summed E-state index contributed by atoms with van der Waals surface area (Å²) in [6, 6.07) is 0. The molecule has 11 heavy (non-hydrogen) atoms. The van der Waals surface area contributed by atoms with Crippen molar-refractivity contribution in [2.24, 2.45) is 5.90 Å². The Morgan fingerprint density at radius 2 is 2.45 bits per heavy atom. The third kappa shape index (κ3) is 0.997. The van der Waals surface area contributed by atoms with Gasteiger partial charge in [0.05, 0.1) is 12.0 Å². The van der Waals surface area contributed by atoms with Crippen LogP contribution in [-0.2, 0) is 10.3 Å². The summed E-state index contributed by atoms with van der Waals surface area (Å²) in [6.07, 6.45) is 2.06. The highest BCUT2D eigenvalue weighted by Crippen LogP contribution is 2.45. The van der Waals surface area contributed by atoms with Gasteiger partial charge in [-0.2, -0.15) is 5.21 Å². The van der Waals surface area contributed by atoms with Crippen molar-refractivity contribution in [3.8, 4) is 0 Å². The first-order valence-corrected chi connectivity index (χ1v) is 3.43. The van der Waals surface area contributed by atoms with E-state index in [0.29, 0.717) is 12.4 Å². The Kier molecular flexibility index (Phi) is 1.36. The van der Waals surface area contributed by atoms with E-state index < -0.39 is 0 Å². The Morgan fingerprint density at radius 3 is 2.91 bits per heavy atom. The largest absolute Gasteiger partial charge is 0.304 e. The lowest BCUT2D eigenvalue weighted by Crippen LogP contribution is -2.19. The molecule has 1 aliphatic rings. The normalized spacial score (nSPS) is 20.1. The van der Waals surface area contributed by atoms with Crippen LogP contribution in [0.3, 0.4) is 0 Å². The second-order valence-electron chi connectivity index (χ2n) is 2.83. The van der Waals surface area contributed by atoms with Gasteiger partial charge in [-0.1, -0.05) is 5.21 Å². The number of nitrogens with two attached hydrogens (primary N) is 1. The van der Waals surface area contributed by atoms with Crippen LogP contribution in [-0.4, -0.2) is 27.2 Å². The zero-order valence-corrected chi connectivity index (χ0v) is 5.95. The Labute approximate surface area is 63.1 Å². The van der Waals surface area contributed by atoms with E-state index in [9.17, 15) is 0 Å². The Morgan fingerprint density at radius 1 is 1.64 bits per heavy atom. The molecule has 1 aromatic heterocycles.